The van der Waals surface area contributed by atoms with Crippen molar-refractivity contribution >= 4 is 23.9 Å². The molecule has 0 amide bonds. The third kappa shape index (κ3) is 6.18. The van der Waals surface area contributed by atoms with Gasteiger partial charge in [-0.1, -0.05) is 42.5 Å². The molecule has 0 radical (unpaired) electrons. The lowest BCUT2D eigenvalue weighted by molar-refractivity contribution is 0.0322. The van der Waals surface area contributed by atoms with Gasteiger partial charge in [-0.15, -0.1) is 0 Å². The van der Waals surface area contributed by atoms with Crippen LogP contribution in [0.5, 0.6) is 11.5 Å². The van der Waals surface area contributed by atoms with Crippen LogP contribution in [0.25, 0.3) is 18.2 Å². The quantitative estimate of drug-likeness (QED) is 0.515. The van der Waals surface area contributed by atoms with Gasteiger partial charge in [0.1, 0.15) is 18.1 Å². The average Bonchev–Trinajstić information content (AvgIpc) is 3.56. The molecule has 35 heavy (non-hydrogen) atoms. The number of allylic oxidation sites excluding steroid dienone is 3. The number of hydrogen-bond acceptors (Lipinski definition) is 5. The summed E-state index contributed by atoms with van der Waals surface area (Å²) < 4.78 is 17.0. The molecule has 2 aromatic carbocycles. The molecular formula is C30H32N2O3. The van der Waals surface area contributed by atoms with Gasteiger partial charge in [0, 0.05) is 31.3 Å². The van der Waals surface area contributed by atoms with Crippen LogP contribution in [0.3, 0.4) is 0 Å². The maximum Gasteiger partial charge on any atom is 0.129 e. The molecule has 0 saturated carbocycles. The SMILES string of the molecule is COc1cc(OCCN2CCOCC2)ccc1/C=C/C1=NCC(/C=C/c2ccc3c(c2)CC=C3)=C1. The zero-order valence-corrected chi connectivity index (χ0v) is 20.3. The van der Waals surface area contributed by atoms with Crippen LogP contribution in [0.2, 0.25) is 0 Å². The Kier molecular flexibility index (Phi) is 7.56. The topological polar surface area (TPSA) is 43.3 Å². The number of aliphatic imine (C=N–C) groups is 1. The first-order chi connectivity index (χ1) is 17.3. The third-order valence-corrected chi connectivity index (χ3v) is 6.49. The van der Waals surface area contributed by atoms with E-state index < -0.39 is 0 Å². The lowest BCUT2D eigenvalue weighted by Crippen LogP contribution is -2.38. The van der Waals surface area contributed by atoms with Gasteiger partial charge in [0.2, 0.25) is 0 Å². The summed E-state index contributed by atoms with van der Waals surface area (Å²) in [6.45, 7) is 5.81. The van der Waals surface area contributed by atoms with E-state index >= 15 is 0 Å². The molecule has 0 spiro atoms. The minimum Gasteiger partial charge on any atom is -0.496 e. The smallest absolute Gasteiger partial charge is 0.129 e. The van der Waals surface area contributed by atoms with E-state index in [-0.39, 0.29) is 0 Å². The van der Waals surface area contributed by atoms with E-state index in [1.54, 1.807) is 7.11 Å². The van der Waals surface area contributed by atoms with E-state index in [2.05, 4.69) is 58.5 Å². The van der Waals surface area contributed by atoms with Gasteiger partial charge in [0.15, 0.2) is 0 Å². The summed E-state index contributed by atoms with van der Waals surface area (Å²) in [5.41, 5.74) is 7.14. The van der Waals surface area contributed by atoms with Gasteiger partial charge in [0.25, 0.3) is 0 Å². The highest BCUT2D eigenvalue weighted by molar-refractivity contribution is 6.08. The number of nitrogens with zero attached hydrogens (tertiary/aromatic N) is 2. The van der Waals surface area contributed by atoms with Crippen LogP contribution in [0.15, 0.2) is 71.3 Å². The molecule has 2 aromatic rings. The molecule has 2 heterocycles. The fourth-order valence-corrected chi connectivity index (χ4v) is 4.46. The molecule has 0 unspecified atom stereocenters. The summed E-state index contributed by atoms with van der Waals surface area (Å²) in [5.74, 6) is 1.61. The molecule has 180 valence electrons. The van der Waals surface area contributed by atoms with Gasteiger partial charge in [-0.25, -0.2) is 0 Å². The Hall–Kier alpha value is -3.41. The molecule has 1 fully saturated rings. The standard InChI is InChI=1S/C30H32N2O3/c1-33-30-21-29(35-18-15-32-13-16-34-17-14-32)12-10-26(30)9-11-28-20-24(22-31-28)6-5-23-7-8-25-3-2-4-27(25)19-23/h2-3,5-12,19-21H,4,13-18,22H2,1H3/b6-5+,11-9+. The number of ether oxygens (including phenoxy) is 3. The Balaban J connectivity index is 1.16. The predicted octanol–water partition coefficient (Wildman–Crippen LogP) is 5.08. The highest BCUT2D eigenvalue weighted by atomic mass is 16.5. The average molecular weight is 469 g/mol. The molecule has 3 aliphatic rings. The Morgan fingerprint density at radius 2 is 1.94 bits per heavy atom. The third-order valence-electron chi connectivity index (χ3n) is 6.49. The number of hydrogen-bond donors (Lipinski definition) is 0. The maximum absolute atomic E-state index is 5.96. The van der Waals surface area contributed by atoms with Crippen molar-refractivity contribution in [3.8, 4) is 11.5 Å². The fraction of sp³-hybridized carbons (Fsp3) is 0.300. The van der Waals surface area contributed by atoms with Gasteiger partial charge >= 0.3 is 0 Å². The molecule has 1 aliphatic carbocycles. The second-order valence-electron chi connectivity index (χ2n) is 8.90. The van der Waals surface area contributed by atoms with Crippen LogP contribution in [0, 0.1) is 0 Å². The Labute approximate surface area is 207 Å². The lowest BCUT2D eigenvalue weighted by Gasteiger charge is -2.26. The molecular weight excluding hydrogens is 436 g/mol. The number of methoxy groups -OCH3 is 1. The highest BCUT2D eigenvalue weighted by Gasteiger charge is 2.11. The van der Waals surface area contributed by atoms with E-state index in [1.165, 1.54) is 22.3 Å². The molecule has 5 rings (SSSR count). The van der Waals surface area contributed by atoms with Crippen molar-refractivity contribution in [2.24, 2.45) is 4.99 Å². The van der Waals surface area contributed by atoms with Gasteiger partial charge in [-0.05, 0) is 59.0 Å². The van der Waals surface area contributed by atoms with Crippen LogP contribution in [0.4, 0.5) is 0 Å². The summed E-state index contributed by atoms with van der Waals surface area (Å²) in [7, 11) is 1.69. The van der Waals surface area contributed by atoms with E-state index in [0.29, 0.717) is 13.2 Å². The molecule has 0 bridgehead atoms. The Bertz CT molecular complexity index is 1200. The van der Waals surface area contributed by atoms with Crippen LogP contribution in [0.1, 0.15) is 22.3 Å². The minimum absolute atomic E-state index is 0.651. The van der Waals surface area contributed by atoms with Gasteiger partial charge in [0.05, 0.1) is 32.6 Å². The summed E-state index contributed by atoms with van der Waals surface area (Å²) >= 11 is 0. The van der Waals surface area contributed by atoms with Gasteiger partial charge < -0.3 is 14.2 Å². The van der Waals surface area contributed by atoms with Gasteiger partial charge in [-0.2, -0.15) is 0 Å². The molecule has 5 nitrogen and oxygen atoms in total. The number of rotatable bonds is 9. The Morgan fingerprint density at radius 3 is 2.83 bits per heavy atom. The van der Waals surface area contributed by atoms with E-state index in [0.717, 1.165) is 62.0 Å². The molecule has 0 N–H and O–H groups in total. The molecule has 0 atom stereocenters. The largest absolute Gasteiger partial charge is 0.496 e. The normalized spacial score (nSPS) is 17.7. The van der Waals surface area contributed by atoms with Crippen LogP contribution < -0.4 is 9.47 Å². The Morgan fingerprint density at radius 1 is 1.03 bits per heavy atom. The van der Waals surface area contributed by atoms with E-state index in [1.807, 2.05) is 30.4 Å². The highest BCUT2D eigenvalue weighted by Crippen LogP contribution is 2.26. The maximum atomic E-state index is 5.96. The summed E-state index contributed by atoms with van der Waals surface area (Å²) in [5, 5.41) is 0. The molecule has 5 heteroatoms. The van der Waals surface area contributed by atoms with Crippen molar-refractivity contribution in [1.82, 2.24) is 4.90 Å². The second-order valence-corrected chi connectivity index (χ2v) is 8.90. The van der Waals surface area contributed by atoms with Crippen molar-refractivity contribution in [2.75, 3.05) is 53.1 Å². The van der Waals surface area contributed by atoms with E-state index in [9.17, 15) is 0 Å². The first-order valence-corrected chi connectivity index (χ1v) is 12.3. The molecule has 0 aromatic heterocycles. The zero-order chi connectivity index (χ0) is 23.9. The number of benzene rings is 2. The van der Waals surface area contributed by atoms with Gasteiger partial charge in [-0.3, -0.25) is 9.89 Å². The second kappa shape index (κ2) is 11.3. The number of morpholine rings is 1. The monoisotopic (exact) mass is 468 g/mol. The zero-order valence-electron chi connectivity index (χ0n) is 20.3. The van der Waals surface area contributed by atoms with Crippen LogP contribution in [-0.2, 0) is 11.2 Å². The van der Waals surface area contributed by atoms with Crippen molar-refractivity contribution in [3.05, 3.63) is 88.5 Å². The fourth-order valence-electron chi connectivity index (χ4n) is 4.46. The van der Waals surface area contributed by atoms with Crippen molar-refractivity contribution in [1.29, 1.82) is 0 Å². The summed E-state index contributed by atoms with van der Waals surface area (Å²) in [6.07, 6.45) is 16.0. The summed E-state index contributed by atoms with van der Waals surface area (Å²) in [4.78, 5) is 7.02. The van der Waals surface area contributed by atoms with E-state index in [4.69, 9.17) is 14.2 Å². The van der Waals surface area contributed by atoms with Crippen LogP contribution in [-0.4, -0.2) is 63.7 Å². The first-order valence-electron chi connectivity index (χ1n) is 12.3. The predicted molar refractivity (Wildman–Crippen MR) is 143 cm³/mol. The summed E-state index contributed by atoms with van der Waals surface area (Å²) in [6, 6.07) is 12.6. The minimum atomic E-state index is 0.651. The molecule has 2 aliphatic heterocycles. The lowest BCUT2D eigenvalue weighted by atomic mass is 10.0. The first kappa shape index (κ1) is 23.3. The molecule has 1 saturated heterocycles. The van der Waals surface area contributed by atoms with Crippen LogP contribution >= 0.6 is 0 Å². The van der Waals surface area contributed by atoms with Crippen molar-refractivity contribution in [2.45, 2.75) is 6.42 Å². The number of fused-ring (bicyclic) bond motifs is 1. The van der Waals surface area contributed by atoms with Crippen molar-refractivity contribution < 1.29 is 14.2 Å². The van der Waals surface area contributed by atoms with Crippen molar-refractivity contribution in [3.63, 3.8) is 0 Å².